The zero-order valence-electron chi connectivity index (χ0n) is 13.5. The molecule has 0 amide bonds. The summed E-state index contributed by atoms with van der Waals surface area (Å²) in [6, 6.07) is 7.56. The van der Waals surface area contributed by atoms with Gasteiger partial charge in [0.15, 0.2) is 0 Å². The Bertz CT molecular complexity index is 884. The molecule has 1 atom stereocenters. The van der Waals surface area contributed by atoms with Crippen molar-refractivity contribution in [1.82, 2.24) is 19.9 Å². The topological polar surface area (TPSA) is 59.8 Å². The molecule has 23 heavy (non-hydrogen) atoms. The maximum absolute atomic E-state index is 12.4. The molecule has 0 spiro atoms. The zero-order chi connectivity index (χ0) is 16.4. The number of hydrogen-bond donors (Lipinski definition) is 1. The van der Waals surface area contributed by atoms with Gasteiger partial charge < -0.3 is 5.32 Å². The van der Waals surface area contributed by atoms with Gasteiger partial charge in [-0.05, 0) is 25.5 Å². The van der Waals surface area contributed by atoms with Crippen LogP contribution in [0.25, 0.3) is 10.9 Å². The Hall–Kier alpha value is -2.05. The predicted octanol–water partition coefficient (Wildman–Crippen LogP) is 2.80. The summed E-state index contributed by atoms with van der Waals surface area (Å²) < 4.78 is 1.61. The first-order chi connectivity index (χ1) is 11.1. The lowest BCUT2D eigenvalue weighted by Crippen LogP contribution is -2.27. The van der Waals surface area contributed by atoms with Crippen LogP contribution < -0.4 is 10.9 Å². The SMILES string of the molecule is CCc1nc([C@H](C)NCc2nc3ccccc3c(=O)n2C)cs1. The van der Waals surface area contributed by atoms with Gasteiger partial charge in [-0.25, -0.2) is 9.97 Å². The van der Waals surface area contributed by atoms with E-state index in [0.29, 0.717) is 11.9 Å². The number of aryl methyl sites for hydroxylation is 1. The molecule has 3 aromatic rings. The van der Waals surface area contributed by atoms with E-state index in [0.717, 1.165) is 28.5 Å². The molecule has 6 heteroatoms. The monoisotopic (exact) mass is 328 g/mol. The molecule has 0 bridgehead atoms. The van der Waals surface area contributed by atoms with Gasteiger partial charge in [-0.15, -0.1) is 11.3 Å². The molecule has 3 rings (SSSR count). The third kappa shape index (κ3) is 3.18. The van der Waals surface area contributed by atoms with E-state index in [-0.39, 0.29) is 11.6 Å². The molecule has 0 aliphatic carbocycles. The summed E-state index contributed by atoms with van der Waals surface area (Å²) in [5.41, 5.74) is 1.77. The predicted molar refractivity (Wildman–Crippen MR) is 93.7 cm³/mol. The lowest BCUT2D eigenvalue weighted by Gasteiger charge is -2.14. The molecule has 0 radical (unpaired) electrons. The smallest absolute Gasteiger partial charge is 0.261 e. The van der Waals surface area contributed by atoms with Gasteiger partial charge >= 0.3 is 0 Å². The molecule has 2 aromatic heterocycles. The highest BCUT2D eigenvalue weighted by atomic mass is 32.1. The Morgan fingerprint density at radius 3 is 2.83 bits per heavy atom. The molecule has 120 valence electrons. The number of rotatable bonds is 5. The summed E-state index contributed by atoms with van der Waals surface area (Å²) in [5, 5.41) is 7.29. The van der Waals surface area contributed by atoms with Crippen molar-refractivity contribution >= 4 is 22.2 Å². The Labute approximate surface area is 139 Å². The molecule has 0 aliphatic heterocycles. The van der Waals surface area contributed by atoms with Crippen LogP contribution in [0.3, 0.4) is 0 Å². The van der Waals surface area contributed by atoms with E-state index in [1.54, 1.807) is 23.0 Å². The highest BCUT2D eigenvalue weighted by molar-refractivity contribution is 7.09. The largest absolute Gasteiger partial charge is 0.302 e. The number of nitrogens with one attached hydrogen (secondary N) is 1. The molecule has 0 fully saturated rings. The van der Waals surface area contributed by atoms with Crippen LogP contribution >= 0.6 is 11.3 Å². The van der Waals surface area contributed by atoms with Gasteiger partial charge in [0.05, 0.1) is 28.1 Å². The second-order valence-corrected chi connectivity index (χ2v) is 6.47. The Morgan fingerprint density at radius 1 is 1.30 bits per heavy atom. The number of benzene rings is 1. The maximum Gasteiger partial charge on any atom is 0.261 e. The molecule has 5 nitrogen and oxygen atoms in total. The first-order valence-electron chi connectivity index (χ1n) is 7.72. The van der Waals surface area contributed by atoms with Crippen molar-refractivity contribution in [3.8, 4) is 0 Å². The van der Waals surface area contributed by atoms with Gasteiger partial charge in [0, 0.05) is 18.5 Å². The van der Waals surface area contributed by atoms with Gasteiger partial charge in [0.2, 0.25) is 0 Å². The van der Waals surface area contributed by atoms with Crippen molar-refractivity contribution in [1.29, 1.82) is 0 Å². The van der Waals surface area contributed by atoms with Crippen LogP contribution in [-0.2, 0) is 20.0 Å². The van der Waals surface area contributed by atoms with E-state index in [2.05, 4.69) is 34.5 Å². The zero-order valence-corrected chi connectivity index (χ0v) is 14.4. The second-order valence-electron chi connectivity index (χ2n) is 5.53. The molecule has 2 heterocycles. The number of hydrogen-bond acceptors (Lipinski definition) is 5. The van der Waals surface area contributed by atoms with E-state index in [9.17, 15) is 4.79 Å². The summed E-state index contributed by atoms with van der Waals surface area (Å²) >= 11 is 1.69. The first kappa shape index (κ1) is 15.8. The molecule has 0 unspecified atom stereocenters. The summed E-state index contributed by atoms with van der Waals surface area (Å²) in [6.45, 7) is 4.71. The van der Waals surface area contributed by atoms with Gasteiger partial charge in [-0.3, -0.25) is 9.36 Å². The number of fused-ring (bicyclic) bond motifs is 1. The Balaban J connectivity index is 1.81. The summed E-state index contributed by atoms with van der Waals surface area (Å²) in [4.78, 5) is 21.6. The Kier molecular flexibility index (Phi) is 4.54. The van der Waals surface area contributed by atoms with Crippen LogP contribution in [0, 0.1) is 0 Å². The molecule has 0 saturated carbocycles. The summed E-state index contributed by atoms with van der Waals surface area (Å²) in [6.07, 6.45) is 0.956. The number of aromatic nitrogens is 3. The van der Waals surface area contributed by atoms with Gasteiger partial charge in [0.1, 0.15) is 5.82 Å². The average Bonchev–Trinajstić information content (AvgIpc) is 3.06. The van der Waals surface area contributed by atoms with E-state index in [1.165, 1.54) is 0 Å². The molecule has 1 N–H and O–H groups in total. The Morgan fingerprint density at radius 2 is 2.09 bits per heavy atom. The quantitative estimate of drug-likeness (QED) is 0.782. The van der Waals surface area contributed by atoms with E-state index < -0.39 is 0 Å². The minimum atomic E-state index is -0.0121. The second kappa shape index (κ2) is 6.60. The highest BCUT2D eigenvalue weighted by Gasteiger charge is 2.12. The first-order valence-corrected chi connectivity index (χ1v) is 8.60. The normalized spacial score (nSPS) is 12.7. The fraction of sp³-hybridized carbons (Fsp3) is 0.353. The van der Waals surface area contributed by atoms with Crippen LogP contribution in [0.1, 0.15) is 36.4 Å². The van der Waals surface area contributed by atoms with Crippen LogP contribution in [0.2, 0.25) is 0 Å². The van der Waals surface area contributed by atoms with Crippen LogP contribution in [0.15, 0.2) is 34.4 Å². The fourth-order valence-corrected chi connectivity index (χ4v) is 3.30. The van der Waals surface area contributed by atoms with Gasteiger partial charge in [-0.1, -0.05) is 19.1 Å². The molecule has 0 saturated heterocycles. The van der Waals surface area contributed by atoms with Crippen LogP contribution in [-0.4, -0.2) is 14.5 Å². The van der Waals surface area contributed by atoms with Crippen molar-refractivity contribution in [2.75, 3.05) is 0 Å². The lowest BCUT2D eigenvalue weighted by atomic mass is 10.2. The lowest BCUT2D eigenvalue weighted by molar-refractivity contribution is 0.534. The standard InChI is InChI=1S/C17H20N4OS/c1-4-16-20-14(10-23-16)11(2)18-9-15-19-13-8-6-5-7-12(13)17(22)21(15)3/h5-8,10-11,18H,4,9H2,1-3H3/t11-/m0/s1. The average molecular weight is 328 g/mol. The molecular weight excluding hydrogens is 308 g/mol. The summed E-state index contributed by atoms with van der Waals surface area (Å²) in [5.74, 6) is 0.728. The minimum absolute atomic E-state index is 0.0121. The van der Waals surface area contributed by atoms with Crippen molar-refractivity contribution in [2.45, 2.75) is 32.9 Å². The number of thiazole rings is 1. The van der Waals surface area contributed by atoms with E-state index >= 15 is 0 Å². The van der Waals surface area contributed by atoms with Crippen LogP contribution in [0.5, 0.6) is 0 Å². The van der Waals surface area contributed by atoms with Gasteiger partial charge in [0.25, 0.3) is 5.56 Å². The van der Waals surface area contributed by atoms with Crippen molar-refractivity contribution in [3.63, 3.8) is 0 Å². The fourth-order valence-electron chi connectivity index (χ4n) is 2.46. The third-order valence-corrected chi connectivity index (χ3v) is 4.97. The molecule has 1 aromatic carbocycles. The molecule has 0 aliphatic rings. The minimum Gasteiger partial charge on any atom is -0.302 e. The van der Waals surface area contributed by atoms with Crippen LogP contribution in [0.4, 0.5) is 0 Å². The third-order valence-electron chi connectivity index (χ3n) is 3.96. The van der Waals surface area contributed by atoms with Crippen molar-refractivity contribution in [3.05, 3.63) is 56.5 Å². The van der Waals surface area contributed by atoms with Crippen molar-refractivity contribution < 1.29 is 0 Å². The molecular formula is C17H20N4OS. The van der Waals surface area contributed by atoms with E-state index in [1.807, 2.05) is 24.3 Å². The summed E-state index contributed by atoms with van der Waals surface area (Å²) in [7, 11) is 1.77. The van der Waals surface area contributed by atoms with Crippen molar-refractivity contribution in [2.24, 2.45) is 7.05 Å². The highest BCUT2D eigenvalue weighted by Crippen LogP contribution is 2.17. The number of nitrogens with zero attached hydrogens (tertiary/aromatic N) is 3. The maximum atomic E-state index is 12.4. The van der Waals surface area contributed by atoms with Gasteiger partial charge in [-0.2, -0.15) is 0 Å². The number of para-hydroxylation sites is 1. The van der Waals surface area contributed by atoms with E-state index in [4.69, 9.17) is 0 Å².